The smallest absolute Gasteiger partial charge is 0.264 e. The predicted octanol–water partition coefficient (Wildman–Crippen LogP) is 5.20. The largest absolute Gasteiger partial charge is 0.380 e. The van der Waals surface area contributed by atoms with E-state index in [4.69, 9.17) is 27.9 Å². The number of fused-ring (bicyclic) bond motifs is 1. The van der Waals surface area contributed by atoms with Gasteiger partial charge in [-0.2, -0.15) is 0 Å². The third kappa shape index (κ3) is 4.70. The third-order valence-corrected chi connectivity index (χ3v) is 6.10. The second-order valence-electron chi connectivity index (χ2n) is 6.29. The van der Waals surface area contributed by atoms with E-state index in [1.54, 1.807) is 24.3 Å². The van der Waals surface area contributed by atoms with Crippen molar-refractivity contribution in [3.8, 4) is 0 Å². The molecule has 3 rings (SSSR count). The summed E-state index contributed by atoms with van der Waals surface area (Å²) in [5.41, 5.74) is 0.946. The first kappa shape index (κ1) is 21.5. The Kier molecular flexibility index (Phi) is 6.74. The maximum atomic E-state index is 14.3. The van der Waals surface area contributed by atoms with Crippen LogP contribution in [-0.4, -0.2) is 37.4 Å². The van der Waals surface area contributed by atoms with Crippen molar-refractivity contribution in [2.45, 2.75) is 6.61 Å². The standard InChI is InChI=1S/C20H17Cl2FN2O3S/c1-25(9-17(26)24-11-6-7-13(21)14(22)8-11)20(27)19-12(10-28-2)18-15(23)4-3-5-16(18)29-19/h3-8H,9-10H2,1-2H3,(H,24,26). The highest BCUT2D eigenvalue weighted by Gasteiger charge is 2.24. The number of amides is 2. The van der Waals surface area contributed by atoms with E-state index in [9.17, 15) is 14.0 Å². The first-order valence-electron chi connectivity index (χ1n) is 8.51. The van der Waals surface area contributed by atoms with Crippen LogP contribution in [0.15, 0.2) is 36.4 Å². The quantitative estimate of drug-likeness (QED) is 0.556. The molecule has 9 heteroatoms. The van der Waals surface area contributed by atoms with E-state index in [-0.39, 0.29) is 19.1 Å². The summed E-state index contributed by atoms with van der Waals surface area (Å²) in [7, 11) is 2.99. The fourth-order valence-electron chi connectivity index (χ4n) is 2.86. The molecular weight excluding hydrogens is 438 g/mol. The van der Waals surface area contributed by atoms with Gasteiger partial charge in [0.15, 0.2) is 0 Å². The molecule has 2 aromatic carbocycles. The van der Waals surface area contributed by atoms with Crippen LogP contribution in [0.5, 0.6) is 0 Å². The molecule has 0 aliphatic heterocycles. The van der Waals surface area contributed by atoms with Gasteiger partial charge in [-0.15, -0.1) is 11.3 Å². The first-order valence-corrected chi connectivity index (χ1v) is 10.1. The average molecular weight is 455 g/mol. The Hall–Kier alpha value is -2.19. The van der Waals surface area contributed by atoms with E-state index in [0.717, 1.165) is 0 Å². The van der Waals surface area contributed by atoms with Crippen molar-refractivity contribution < 1.29 is 18.7 Å². The van der Waals surface area contributed by atoms with E-state index < -0.39 is 11.7 Å². The molecule has 0 bridgehead atoms. The molecular formula is C20H17Cl2FN2O3S. The second-order valence-corrected chi connectivity index (χ2v) is 8.16. The van der Waals surface area contributed by atoms with Gasteiger partial charge in [-0.1, -0.05) is 29.3 Å². The van der Waals surface area contributed by atoms with Gasteiger partial charge in [0.25, 0.3) is 5.91 Å². The van der Waals surface area contributed by atoms with Crippen molar-refractivity contribution in [1.29, 1.82) is 0 Å². The van der Waals surface area contributed by atoms with Crippen molar-refractivity contribution in [2.75, 3.05) is 26.0 Å². The number of carbonyl (C=O) groups excluding carboxylic acids is 2. The van der Waals surface area contributed by atoms with E-state index >= 15 is 0 Å². The fraction of sp³-hybridized carbons (Fsp3) is 0.200. The van der Waals surface area contributed by atoms with Gasteiger partial charge in [-0.05, 0) is 30.3 Å². The zero-order valence-electron chi connectivity index (χ0n) is 15.6. The van der Waals surface area contributed by atoms with Gasteiger partial charge in [0.2, 0.25) is 5.91 Å². The lowest BCUT2D eigenvalue weighted by Crippen LogP contribution is -2.35. The SMILES string of the molecule is COCc1c(C(=O)N(C)CC(=O)Nc2ccc(Cl)c(Cl)c2)sc2cccc(F)c12. The lowest BCUT2D eigenvalue weighted by Gasteiger charge is -2.17. The molecule has 0 atom stereocenters. The van der Waals surface area contributed by atoms with Crippen LogP contribution >= 0.6 is 34.5 Å². The van der Waals surface area contributed by atoms with Crippen molar-refractivity contribution >= 4 is 62.1 Å². The summed E-state index contributed by atoms with van der Waals surface area (Å²) in [6, 6.07) is 9.38. The number of hydrogen-bond donors (Lipinski definition) is 1. The number of nitrogens with zero attached hydrogens (tertiary/aromatic N) is 1. The van der Waals surface area contributed by atoms with Gasteiger partial charge in [0.05, 0.1) is 28.1 Å². The summed E-state index contributed by atoms with van der Waals surface area (Å²) in [5, 5.41) is 3.72. The number of anilines is 1. The van der Waals surface area contributed by atoms with Gasteiger partial charge >= 0.3 is 0 Å². The van der Waals surface area contributed by atoms with Crippen LogP contribution in [0, 0.1) is 5.82 Å². The lowest BCUT2D eigenvalue weighted by atomic mass is 10.1. The molecule has 2 amide bonds. The number of benzene rings is 2. The van der Waals surface area contributed by atoms with Crippen LogP contribution < -0.4 is 5.32 Å². The number of ether oxygens (including phenoxy) is 1. The number of likely N-dealkylation sites (N-methyl/N-ethyl adjacent to an activating group) is 1. The Labute approximate surface area is 181 Å². The van der Waals surface area contributed by atoms with Gasteiger partial charge in [0, 0.05) is 35.5 Å². The summed E-state index contributed by atoms with van der Waals surface area (Å²) in [6.45, 7) is -0.104. The van der Waals surface area contributed by atoms with Crippen LogP contribution in [0.3, 0.4) is 0 Å². The number of thiophene rings is 1. The average Bonchev–Trinajstić information content (AvgIpc) is 3.04. The molecule has 0 aliphatic carbocycles. The zero-order chi connectivity index (χ0) is 21.1. The Bertz CT molecular complexity index is 1090. The summed E-state index contributed by atoms with van der Waals surface area (Å²) in [4.78, 5) is 26.9. The first-order chi connectivity index (χ1) is 13.8. The van der Waals surface area contributed by atoms with Crippen LogP contribution in [0.4, 0.5) is 10.1 Å². The topological polar surface area (TPSA) is 58.6 Å². The minimum atomic E-state index is -0.412. The molecule has 0 saturated heterocycles. The van der Waals surface area contributed by atoms with E-state index in [1.165, 1.54) is 42.5 Å². The molecule has 1 heterocycles. The van der Waals surface area contributed by atoms with Crippen LogP contribution in [0.1, 0.15) is 15.2 Å². The highest BCUT2D eigenvalue weighted by molar-refractivity contribution is 7.21. The van der Waals surface area contributed by atoms with E-state index in [1.807, 2.05) is 0 Å². The molecule has 1 N–H and O–H groups in total. The number of hydrogen-bond acceptors (Lipinski definition) is 4. The van der Waals surface area contributed by atoms with Crippen LogP contribution in [0.2, 0.25) is 10.0 Å². The predicted molar refractivity (Wildman–Crippen MR) is 115 cm³/mol. The minimum absolute atomic E-state index is 0.0886. The molecule has 0 saturated carbocycles. The van der Waals surface area contributed by atoms with E-state index in [2.05, 4.69) is 5.32 Å². The Morgan fingerprint density at radius 3 is 2.66 bits per heavy atom. The maximum Gasteiger partial charge on any atom is 0.264 e. The number of nitrogens with one attached hydrogen (secondary N) is 1. The number of carbonyl (C=O) groups is 2. The third-order valence-electron chi connectivity index (χ3n) is 4.18. The molecule has 0 fully saturated rings. The van der Waals surface area contributed by atoms with Crippen molar-refractivity contribution in [3.05, 3.63) is 62.7 Å². The second kappa shape index (κ2) is 9.09. The van der Waals surface area contributed by atoms with Gasteiger partial charge in [-0.3, -0.25) is 9.59 Å². The Morgan fingerprint density at radius 2 is 1.97 bits per heavy atom. The lowest BCUT2D eigenvalue weighted by molar-refractivity contribution is -0.116. The normalized spacial score (nSPS) is 10.9. The number of rotatable bonds is 6. The molecule has 0 spiro atoms. The molecule has 3 aromatic rings. The van der Waals surface area contributed by atoms with Gasteiger partial charge in [-0.25, -0.2) is 4.39 Å². The summed E-state index contributed by atoms with van der Waals surface area (Å²) in [6.07, 6.45) is 0. The zero-order valence-corrected chi connectivity index (χ0v) is 17.9. The summed E-state index contributed by atoms with van der Waals surface area (Å²) in [5.74, 6) is -1.20. The summed E-state index contributed by atoms with van der Waals surface area (Å²) < 4.78 is 20.1. The van der Waals surface area contributed by atoms with Crippen molar-refractivity contribution in [2.24, 2.45) is 0 Å². The van der Waals surface area contributed by atoms with Crippen LogP contribution in [0.25, 0.3) is 10.1 Å². The van der Waals surface area contributed by atoms with Gasteiger partial charge < -0.3 is 15.0 Å². The molecule has 152 valence electrons. The molecule has 0 radical (unpaired) electrons. The molecule has 1 aromatic heterocycles. The molecule has 29 heavy (non-hydrogen) atoms. The summed E-state index contributed by atoms with van der Waals surface area (Å²) >= 11 is 13.0. The molecule has 0 aliphatic rings. The van der Waals surface area contributed by atoms with Crippen molar-refractivity contribution in [3.63, 3.8) is 0 Å². The maximum absolute atomic E-state index is 14.3. The van der Waals surface area contributed by atoms with Gasteiger partial charge in [0.1, 0.15) is 5.82 Å². The number of methoxy groups -OCH3 is 1. The monoisotopic (exact) mass is 454 g/mol. The molecule has 0 unspecified atom stereocenters. The molecule has 5 nitrogen and oxygen atoms in total. The highest BCUT2D eigenvalue weighted by atomic mass is 35.5. The minimum Gasteiger partial charge on any atom is -0.380 e. The fourth-order valence-corrected chi connectivity index (χ4v) is 4.37. The van der Waals surface area contributed by atoms with E-state index in [0.29, 0.717) is 36.3 Å². The Morgan fingerprint density at radius 1 is 1.21 bits per heavy atom. The highest BCUT2D eigenvalue weighted by Crippen LogP contribution is 2.34. The van der Waals surface area contributed by atoms with Crippen molar-refractivity contribution in [1.82, 2.24) is 4.90 Å². The Balaban J connectivity index is 1.79. The van der Waals surface area contributed by atoms with Crippen LogP contribution in [-0.2, 0) is 16.1 Å². The number of halogens is 3.